The third-order valence-electron chi connectivity index (χ3n) is 5.57. The minimum Gasteiger partial charge on any atom is -0.493 e. The van der Waals surface area contributed by atoms with Gasteiger partial charge in [0, 0.05) is 10.9 Å². The number of fused-ring (bicyclic) bond motifs is 3. The number of aryl methyl sites for hydroxylation is 1. The SMILES string of the molecule is Cc1cc(OCCC(C)CCCC(C)C)c2ccc3ccc(C=O)cc3c2c1. The Morgan fingerprint density at radius 2 is 1.68 bits per heavy atom. The average molecular weight is 377 g/mol. The maximum Gasteiger partial charge on any atom is 0.150 e. The fourth-order valence-electron chi connectivity index (χ4n) is 3.87. The molecule has 0 heterocycles. The molecule has 3 aromatic rings. The number of hydrogen-bond acceptors (Lipinski definition) is 2. The van der Waals surface area contributed by atoms with Crippen LogP contribution in [0.2, 0.25) is 0 Å². The van der Waals surface area contributed by atoms with Crippen LogP contribution < -0.4 is 4.74 Å². The fraction of sp³-hybridized carbons (Fsp3) is 0.423. The van der Waals surface area contributed by atoms with E-state index < -0.39 is 0 Å². The van der Waals surface area contributed by atoms with Crippen LogP contribution in [0.1, 0.15) is 62.4 Å². The molecule has 0 bridgehead atoms. The van der Waals surface area contributed by atoms with Gasteiger partial charge in [-0.05, 0) is 59.0 Å². The fourth-order valence-corrected chi connectivity index (χ4v) is 3.87. The molecule has 3 aromatic carbocycles. The summed E-state index contributed by atoms with van der Waals surface area (Å²) in [5.41, 5.74) is 1.88. The standard InChI is InChI=1S/C26H32O2/c1-18(2)6-5-7-19(3)12-13-28-26-15-20(4)14-25-23(26)11-10-22-9-8-21(17-27)16-24(22)25/h8-11,14-19H,5-7,12-13H2,1-4H3. The summed E-state index contributed by atoms with van der Waals surface area (Å²) in [6, 6.07) is 14.4. The zero-order chi connectivity index (χ0) is 20.1. The van der Waals surface area contributed by atoms with Crippen molar-refractivity contribution in [3.05, 3.63) is 53.6 Å². The van der Waals surface area contributed by atoms with Crippen molar-refractivity contribution in [2.45, 2.75) is 53.4 Å². The van der Waals surface area contributed by atoms with Gasteiger partial charge in [0.25, 0.3) is 0 Å². The first-order valence-electron chi connectivity index (χ1n) is 10.5. The van der Waals surface area contributed by atoms with Crippen molar-refractivity contribution in [2.24, 2.45) is 11.8 Å². The Labute approximate surface area is 168 Å². The van der Waals surface area contributed by atoms with Gasteiger partial charge in [-0.2, -0.15) is 0 Å². The van der Waals surface area contributed by atoms with Crippen LogP contribution in [0, 0.1) is 18.8 Å². The van der Waals surface area contributed by atoms with Crippen molar-refractivity contribution < 1.29 is 9.53 Å². The van der Waals surface area contributed by atoms with Crippen LogP contribution in [0.4, 0.5) is 0 Å². The molecule has 0 N–H and O–H groups in total. The van der Waals surface area contributed by atoms with Crippen LogP contribution in [-0.2, 0) is 0 Å². The first-order chi connectivity index (χ1) is 13.5. The van der Waals surface area contributed by atoms with E-state index in [2.05, 4.69) is 52.0 Å². The molecule has 0 aliphatic heterocycles. The van der Waals surface area contributed by atoms with Gasteiger partial charge in [-0.15, -0.1) is 0 Å². The van der Waals surface area contributed by atoms with Crippen LogP contribution in [-0.4, -0.2) is 12.9 Å². The summed E-state index contributed by atoms with van der Waals surface area (Å²) in [6.07, 6.45) is 5.87. The van der Waals surface area contributed by atoms with E-state index >= 15 is 0 Å². The lowest BCUT2D eigenvalue weighted by Crippen LogP contribution is -2.05. The highest BCUT2D eigenvalue weighted by atomic mass is 16.5. The highest BCUT2D eigenvalue weighted by Gasteiger charge is 2.10. The number of aldehydes is 1. The smallest absolute Gasteiger partial charge is 0.150 e. The van der Waals surface area contributed by atoms with Crippen LogP contribution in [0.5, 0.6) is 5.75 Å². The summed E-state index contributed by atoms with van der Waals surface area (Å²) >= 11 is 0. The van der Waals surface area contributed by atoms with Gasteiger partial charge >= 0.3 is 0 Å². The summed E-state index contributed by atoms with van der Waals surface area (Å²) in [4.78, 5) is 11.2. The molecule has 0 aromatic heterocycles. The molecule has 0 amide bonds. The Hall–Kier alpha value is -2.35. The molecule has 1 unspecified atom stereocenters. The summed E-state index contributed by atoms with van der Waals surface area (Å²) in [5.74, 6) is 2.42. The Morgan fingerprint density at radius 3 is 2.43 bits per heavy atom. The van der Waals surface area contributed by atoms with Gasteiger partial charge in [0.15, 0.2) is 0 Å². The van der Waals surface area contributed by atoms with Gasteiger partial charge in [-0.25, -0.2) is 0 Å². The molecule has 0 spiro atoms. The summed E-state index contributed by atoms with van der Waals surface area (Å²) in [6.45, 7) is 9.75. The lowest BCUT2D eigenvalue weighted by atomic mass is 9.97. The average Bonchev–Trinajstić information content (AvgIpc) is 2.67. The Morgan fingerprint density at radius 1 is 0.893 bits per heavy atom. The zero-order valence-corrected chi connectivity index (χ0v) is 17.6. The number of carbonyl (C=O) groups is 1. The van der Waals surface area contributed by atoms with Gasteiger partial charge in [-0.1, -0.05) is 70.4 Å². The third-order valence-corrected chi connectivity index (χ3v) is 5.57. The van der Waals surface area contributed by atoms with Crippen LogP contribution in [0.3, 0.4) is 0 Å². The van der Waals surface area contributed by atoms with E-state index in [4.69, 9.17) is 4.74 Å². The second kappa shape index (κ2) is 9.23. The molecule has 3 rings (SSSR count). The Bertz CT molecular complexity index is 955. The van der Waals surface area contributed by atoms with Gasteiger partial charge in [0.05, 0.1) is 6.61 Å². The van der Waals surface area contributed by atoms with Gasteiger partial charge in [0.2, 0.25) is 0 Å². The molecule has 0 radical (unpaired) electrons. The summed E-state index contributed by atoms with van der Waals surface area (Å²) < 4.78 is 6.23. The molecule has 1 atom stereocenters. The van der Waals surface area contributed by atoms with Crippen molar-refractivity contribution in [3.8, 4) is 5.75 Å². The molecule has 0 saturated heterocycles. The van der Waals surface area contributed by atoms with Crippen LogP contribution >= 0.6 is 0 Å². The molecule has 2 heteroatoms. The second-order valence-corrected chi connectivity index (χ2v) is 8.59. The first kappa shape index (κ1) is 20.4. The molecule has 0 aliphatic rings. The predicted octanol–water partition coefficient (Wildman–Crippen LogP) is 7.35. The van der Waals surface area contributed by atoms with Gasteiger partial charge in [0.1, 0.15) is 12.0 Å². The van der Waals surface area contributed by atoms with Crippen LogP contribution in [0.15, 0.2) is 42.5 Å². The van der Waals surface area contributed by atoms with Crippen molar-refractivity contribution in [3.63, 3.8) is 0 Å². The van der Waals surface area contributed by atoms with Crippen molar-refractivity contribution in [1.29, 1.82) is 0 Å². The Balaban J connectivity index is 1.78. The van der Waals surface area contributed by atoms with E-state index in [1.165, 1.54) is 24.8 Å². The lowest BCUT2D eigenvalue weighted by Gasteiger charge is -2.15. The number of benzene rings is 3. The molecule has 0 aliphatic carbocycles. The second-order valence-electron chi connectivity index (χ2n) is 8.59. The van der Waals surface area contributed by atoms with E-state index in [0.29, 0.717) is 11.5 Å². The number of carbonyl (C=O) groups excluding carboxylic acids is 1. The minimum absolute atomic E-state index is 0.686. The number of hydrogen-bond donors (Lipinski definition) is 0. The molecule has 148 valence electrons. The maximum atomic E-state index is 11.2. The van der Waals surface area contributed by atoms with E-state index in [0.717, 1.165) is 52.5 Å². The molecule has 2 nitrogen and oxygen atoms in total. The first-order valence-corrected chi connectivity index (χ1v) is 10.5. The monoisotopic (exact) mass is 376 g/mol. The van der Waals surface area contributed by atoms with E-state index in [9.17, 15) is 4.79 Å². The van der Waals surface area contributed by atoms with E-state index in [-0.39, 0.29) is 0 Å². The molecular weight excluding hydrogens is 344 g/mol. The topological polar surface area (TPSA) is 26.3 Å². The normalized spacial score (nSPS) is 12.6. The third kappa shape index (κ3) is 4.92. The van der Waals surface area contributed by atoms with Gasteiger partial charge in [-0.3, -0.25) is 4.79 Å². The molecule has 0 fully saturated rings. The number of rotatable bonds is 9. The summed E-state index contributed by atoms with van der Waals surface area (Å²) in [7, 11) is 0. The molecule has 28 heavy (non-hydrogen) atoms. The largest absolute Gasteiger partial charge is 0.493 e. The number of ether oxygens (including phenoxy) is 1. The molecule has 0 saturated carbocycles. The Kier molecular flexibility index (Phi) is 6.72. The highest BCUT2D eigenvalue weighted by molar-refractivity contribution is 6.10. The van der Waals surface area contributed by atoms with E-state index in [1.807, 2.05) is 18.2 Å². The minimum atomic E-state index is 0.686. The zero-order valence-electron chi connectivity index (χ0n) is 17.6. The lowest BCUT2D eigenvalue weighted by molar-refractivity contribution is 0.112. The van der Waals surface area contributed by atoms with Crippen molar-refractivity contribution in [1.82, 2.24) is 0 Å². The van der Waals surface area contributed by atoms with Gasteiger partial charge < -0.3 is 4.74 Å². The summed E-state index contributed by atoms with van der Waals surface area (Å²) in [5, 5.41) is 4.53. The predicted molar refractivity (Wildman–Crippen MR) is 120 cm³/mol. The highest BCUT2D eigenvalue weighted by Crippen LogP contribution is 2.33. The van der Waals surface area contributed by atoms with Crippen LogP contribution in [0.25, 0.3) is 21.5 Å². The molecular formula is C26H32O2. The van der Waals surface area contributed by atoms with E-state index in [1.54, 1.807) is 0 Å². The quantitative estimate of drug-likeness (QED) is 0.288. The van der Waals surface area contributed by atoms with Crippen molar-refractivity contribution in [2.75, 3.05) is 6.61 Å². The maximum absolute atomic E-state index is 11.2. The van der Waals surface area contributed by atoms with Crippen molar-refractivity contribution >= 4 is 27.8 Å².